The van der Waals surface area contributed by atoms with Gasteiger partial charge in [0.15, 0.2) is 11.5 Å². The van der Waals surface area contributed by atoms with E-state index in [9.17, 15) is 5.11 Å². The Bertz CT molecular complexity index is 665. The molecule has 1 aliphatic rings. The number of pyridine rings is 1. The molecule has 0 saturated heterocycles. The molecular formula is C15H13BrClNO3. The number of benzene rings is 1. The van der Waals surface area contributed by atoms with Crippen molar-refractivity contribution >= 4 is 27.5 Å². The number of aromatic nitrogens is 1. The van der Waals surface area contributed by atoms with Crippen LogP contribution in [0.1, 0.15) is 17.2 Å². The monoisotopic (exact) mass is 369 g/mol. The molecule has 1 aliphatic heterocycles. The number of aliphatic hydroxyl groups is 1. The lowest BCUT2D eigenvalue weighted by Gasteiger charge is -2.22. The molecule has 0 spiro atoms. The molecule has 1 aromatic carbocycles. The van der Waals surface area contributed by atoms with Crippen LogP contribution in [0.15, 0.2) is 35.1 Å². The average Bonchev–Trinajstić information content (AvgIpc) is 2.49. The third-order valence-corrected chi connectivity index (χ3v) is 4.20. The maximum Gasteiger partial charge on any atom is 0.175 e. The van der Waals surface area contributed by atoms with Crippen LogP contribution in [0.25, 0.3) is 0 Å². The van der Waals surface area contributed by atoms with Crippen LogP contribution in [0.5, 0.6) is 11.5 Å². The smallest absolute Gasteiger partial charge is 0.175 e. The molecule has 2 aromatic rings. The molecule has 1 unspecified atom stereocenters. The fourth-order valence-electron chi connectivity index (χ4n) is 2.22. The molecule has 1 aromatic heterocycles. The Morgan fingerprint density at radius 3 is 2.95 bits per heavy atom. The Balaban J connectivity index is 1.86. The Hall–Kier alpha value is -1.30. The summed E-state index contributed by atoms with van der Waals surface area (Å²) in [5.41, 5.74) is 1.60. The molecule has 110 valence electrons. The zero-order chi connectivity index (χ0) is 14.8. The summed E-state index contributed by atoms with van der Waals surface area (Å²) in [5, 5.41) is 11.0. The molecule has 0 amide bonds. The van der Waals surface area contributed by atoms with Crippen LogP contribution in [0.2, 0.25) is 5.02 Å². The second kappa shape index (κ2) is 6.22. The van der Waals surface area contributed by atoms with Gasteiger partial charge in [0.25, 0.3) is 0 Å². The van der Waals surface area contributed by atoms with Crippen LogP contribution in [-0.4, -0.2) is 23.3 Å². The molecule has 0 saturated carbocycles. The number of rotatable bonds is 3. The van der Waals surface area contributed by atoms with Crippen molar-refractivity contribution in [3.63, 3.8) is 0 Å². The number of ether oxygens (including phenoxy) is 2. The fraction of sp³-hybridized carbons (Fsp3) is 0.267. The van der Waals surface area contributed by atoms with Gasteiger partial charge in [-0.25, -0.2) is 0 Å². The molecule has 3 rings (SSSR count). The largest absolute Gasteiger partial charge is 0.486 e. The summed E-state index contributed by atoms with van der Waals surface area (Å²) < 4.78 is 11.9. The highest BCUT2D eigenvalue weighted by Gasteiger charge is 2.20. The molecule has 0 aliphatic carbocycles. The Morgan fingerprint density at radius 2 is 2.14 bits per heavy atom. The SMILES string of the molecule is OC(Cc1ccncc1Cl)c1cc(Br)c2c(c1)OCCO2. The summed E-state index contributed by atoms with van der Waals surface area (Å²) in [5.74, 6) is 1.32. The predicted molar refractivity (Wildman–Crippen MR) is 83.0 cm³/mol. The molecule has 1 N–H and O–H groups in total. The van der Waals surface area contributed by atoms with Crippen molar-refractivity contribution in [3.05, 3.63) is 51.2 Å². The van der Waals surface area contributed by atoms with E-state index in [1.165, 1.54) is 0 Å². The topological polar surface area (TPSA) is 51.6 Å². The summed E-state index contributed by atoms with van der Waals surface area (Å²) in [6, 6.07) is 5.45. The van der Waals surface area contributed by atoms with Crippen molar-refractivity contribution in [3.8, 4) is 11.5 Å². The first kappa shape index (κ1) is 14.6. The Morgan fingerprint density at radius 1 is 1.33 bits per heavy atom. The third kappa shape index (κ3) is 3.15. The van der Waals surface area contributed by atoms with Gasteiger partial charge in [0.2, 0.25) is 0 Å². The quantitative estimate of drug-likeness (QED) is 0.898. The minimum Gasteiger partial charge on any atom is -0.486 e. The number of halogens is 2. The minimum absolute atomic E-state index is 0.410. The van der Waals surface area contributed by atoms with E-state index in [1.807, 2.05) is 6.07 Å². The summed E-state index contributed by atoms with van der Waals surface area (Å²) in [4.78, 5) is 3.94. The van der Waals surface area contributed by atoms with E-state index in [-0.39, 0.29) is 0 Å². The molecule has 1 atom stereocenters. The molecule has 6 heteroatoms. The molecular weight excluding hydrogens is 358 g/mol. The van der Waals surface area contributed by atoms with E-state index in [0.717, 1.165) is 15.6 Å². The highest BCUT2D eigenvalue weighted by atomic mass is 79.9. The van der Waals surface area contributed by atoms with Crippen molar-refractivity contribution in [2.45, 2.75) is 12.5 Å². The standard InChI is InChI=1S/C15H13BrClNO3/c16-11-5-10(7-14-15(11)21-4-3-20-14)13(19)6-9-1-2-18-8-12(9)17/h1-2,5,7-8,13,19H,3-4,6H2. The van der Waals surface area contributed by atoms with Crippen LogP contribution in [-0.2, 0) is 6.42 Å². The number of aliphatic hydroxyl groups excluding tert-OH is 1. The summed E-state index contributed by atoms with van der Waals surface area (Å²) in [7, 11) is 0. The van der Waals surface area contributed by atoms with E-state index in [4.69, 9.17) is 21.1 Å². The molecule has 21 heavy (non-hydrogen) atoms. The van der Waals surface area contributed by atoms with Gasteiger partial charge in [-0.15, -0.1) is 0 Å². The molecule has 2 heterocycles. The third-order valence-electron chi connectivity index (χ3n) is 3.27. The van der Waals surface area contributed by atoms with Gasteiger partial charge in [-0.05, 0) is 45.3 Å². The first-order valence-corrected chi connectivity index (χ1v) is 7.67. The van der Waals surface area contributed by atoms with Crippen LogP contribution < -0.4 is 9.47 Å². The highest BCUT2D eigenvalue weighted by molar-refractivity contribution is 9.10. The Kier molecular flexibility index (Phi) is 4.33. The van der Waals surface area contributed by atoms with Crippen molar-refractivity contribution in [1.29, 1.82) is 0 Å². The second-order valence-electron chi connectivity index (χ2n) is 4.71. The van der Waals surface area contributed by atoms with Crippen molar-refractivity contribution in [2.24, 2.45) is 0 Å². The molecule has 0 radical (unpaired) electrons. The summed E-state index contributed by atoms with van der Waals surface area (Å²) >= 11 is 9.52. The number of hydrogen-bond donors (Lipinski definition) is 1. The van der Waals surface area contributed by atoms with Crippen LogP contribution in [0.4, 0.5) is 0 Å². The zero-order valence-corrected chi connectivity index (χ0v) is 13.4. The van der Waals surface area contributed by atoms with Gasteiger partial charge >= 0.3 is 0 Å². The van der Waals surface area contributed by atoms with Crippen molar-refractivity contribution in [1.82, 2.24) is 4.98 Å². The molecule has 0 fully saturated rings. The van der Waals surface area contributed by atoms with Gasteiger partial charge in [0.1, 0.15) is 13.2 Å². The van der Waals surface area contributed by atoms with Gasteiger partial charge in [0.05, 0.1) is 15.6 Å². The number of hydrogen-bond acceptors (Lipinski definition) is 4. The van der Waals surface area contributed by atoms with Gasteiger partial charge in [-0.2, -0.15) is 0 Å². The van der Waals surface area contributed by atoms with E-state index >= 15 is 0 Å². The Labute approximate surface area is 135 Å². The molecule has 0 bridgehead atoms. The second-order valence-corrected chi connectivity index (χ2v) is 5.98. The van der Waals surface area contributed by atoms with Crippen molar-refractivity contribution in [2.75, 3.05) is 13.2 Å². The van der Waals surface area contributed by atoms with E-state index in [2.05, 4.69) is 20.9 Å². The predicted octanol–water partition coefficient (Wildman–Crippen LogP) is 3.54. The zero-order valence-electron chi connectivity index (χ0n) is 11.1. The maximum absolute atomic E-state index is 10.4. The normalized spacial score (nSPS) is 14.8. The van der Waals surface area contributed by atoms with Gasteiger partial charge in [-0.1, -0.05) is 11.6 Å². The van der Waals surface area contributed by atoms with E-state index < -0.39 is 6.10 Å². The van der Waals surface area contributed by atoms with Crippen LogP contribution in [0, 0.1) is 0 Å². The van der Waals surface area contributed by atoms with Gasteiger partial charge in [0, 0.05) is 18.8 Å². The highest BCUT2D eigenvalue weighted by Crippen LogP contribution is 2.40. The van der Waals surface area contributed by atoms with Gasteiger partial charge in [-0.3, -0.25) is 4.98 Å². The summed E-state index contributed by atoms with van der Waals surface area (Å²) in [6.07, 6.45) is 2.96. The van der Waals surface area contributed by atoms with E-state index in [0.29, 0.717) is 36.2 Å². The first-order chi connectivity index (χ1) is 10.1. The lowest BCUT2D eigenvalue weighted by molar-refractivity contribution is 0.163. The minimum atomic E-state index is -0.683. The lowest BCUT2D eigenvalue weighted by atomic mass is 10.0. The lowest BCUT2D eigenvalue weighted by Crippen LogP contribution is -2.16. The number of fused-ring (bicyclic) bond motifs is 1. The van der Waals surface area contributed by atoms with Crippen LogP contribution >= 0.6 is 27.5 Å². The van der Waals surface area contributed by atoms with Gasteiger partial charge < -0.3 is 14.6 Å². The van der Waals surface area contributed by atoms with E-state index in [1.54, 1.807) is 24.5 Å². The van der Waals surface area contributed by atoms with Crippen LogP contribution in [0.3, 0.4) is 0 Å². The number of nitrogens with zero attached hydrogens (tertiary/aromatic N) is 1. The maximum atomic E-state index is 10.4. The van der Waals surface area contributed by atoms with Crippen molar-refractivity contribution < 1.29 is 14.6 Å². The fourth-order valence-corrected chi connectivity index (χ4v) is 2.99. The molecule has 4 nitrogen and oxygen atoms in total. The average molecular weight is 371 g/mol. The summed E-state index contributed by atoms with van der Waals surface area (Å²) in [6.45, 7) is 1.04. The first-order valence-electron chi connectivity index (χ1n) is 6.50.